The molecule has 10 nitrogen and oxygen atoms in total. The van der Waals surface area contributed by atoms with E-state index in [9.17, 15) is 24.5 Å². The molecule has 4 amide bonds. The van der Waals surface area contributed by atoms with E-state index in [-0.39, 0.29) is 29.4 Å². The van der Waals surface area contributed by atoms with Crippen LogP contribution in [0, 0.1) is 10.1 Å². The van der Waals surface area contributed by atoms with Crippen molar-refractivity contribution in [3.8, 4) is 11.5 Å². The largest absolute Gasteiger partial charge is 0.493 e. The van der Waals surface area contributed by atoms with Gasteiger partial charge in [0.25, 0.3) is 17.5 Å². The van der Waals surface area contributed by atoms with Gasteiger partial charge < -0.3 is 9.47 Å². The number of barbiturate groups is 1. The maximum atomic E-state index is 13.1. The third kappa shape index (κ3) is 5.03. The van der Waals surface area contributed by atoms with E-state index in [1.807, 2.05) is 30.3 Å². The number of rotatable bonds is 7. The van der Waals surface area contributed by atoms with Gasteiger partial charge in [-0.25, -0.2) is 9.69 Å². The second kappa shape index (κ2) is 10.3. The second-order valence-electron chi connectivity index (χ2n) is 7.53. The van der Waals surface area contributed by atoms with Gasteiger partial charge in [-0.05, 0) is 42.0 Å². The Morgan fingerprint density at radius 1 is 1.03 bits per heavy atom. The number of nitro benzene ring substituents is 1. The van der Waals surface area contributed by atoms with E-state index in [4.69, 9.17) is 21.1 Å². The molecule has 4 rings (SSSR count). The molecule has 0 unspecified atom stereocenters. The summed E-state index contributed by atoms with van der Waals surface area (Å²) in [5.74, 6) is -1.69. The first-order valence-corrected chi connectivity index (χ1v) is 10.9. The van der Waals surface area contributed by atoms with Gasteiger partial charge in [-0.2, -0.15) is 0 Å². The monoisotopic (exact) mass is 507 g/mol. The number of anilines is 1. The van der Waals surface area contributed by atoms with E-state index in [1.165, 1.54) is 37.4 Å². The van der Waals surface area contributed by atoms with Crippen LogP contribution < -0.4 is 19.7 Å². The lowest BCUT2D eigenvalue weighted by Crippen LogP contribution is -2.54. The molecule has 0 aliphatic carbocycles. The Morgan fingerprint density at radius 3 is 2.36 bits per heavy atom. The Labute approximate surface area is 209 Å². The van der Waals surface area contributed by atoms with Gasteiger partial charge in [0.15, 0.2) is 11.5 Å². The van der Waals surface area contributed by atoms with Gasteiger partial charge in [0.2, 0.25) is 0 Å². The topological polar surface area (TPSA) is 128 Å². The summed E-state index contributed by atoms with van der Waals surface area (Å²) in [4.78, 5) is 49.9. The molecule has 0 saturated carbocycles. The highest BCUT2D eigenvalue weighted by Crippen LogP contribution is 2.37. The van der Waals surface area contributed by atoms with E-state index in [2.05, 4.69) is 5.32 Å². The third-order valence-electron chi connectivity index (χ3n) is 5.23. The molecule has 0 spiro atoms. The maximum absolute atomic E-state index is 13.1. The zero-order valence-corrected chi connectivity index (χ0v) is 19.5. The van der Waals surface area contributed by atoms with Crippen molar-refractivity contribution >= 4 is 46.9 Å². The molecule has 0 bridgehead atoms. The summed E-state index contributed by atoms with van der Waals surface area (Å²) in [7, 11) is 1.35. The number of urea groups is 1. The zero-order valence-electron chi connectivity index (χ0n) is 18.8. The summed E-state index contributed by atoms with van der Waals surface area (Å²) in [5, 5.41) is 14.3. The van der Waals surface area contributed by atoms with Crippen molar-refractivity contribution in [1.82, 2.24) is 5.32 Å². The van der Waals surface area contributed by atoms with Crippen LogP contribution in [-0.2, 0) is 16.2 Å². The van der Waals surface area contributed by atoms with Crippen LogP contribution in [0.3, 0.4) is 0 Å². The summed E-state index contributed by atoms with van der Waals surface area (Å²) in [6, 6.07) is 16.5. The number of nitrogens with zero attached hydrogens (tertiary/aromatic N) is 2. The molecule has 1 aliphatic heterocycles. The summed E-state index contributed by atoms with van der Waals surface area (Å²) >= 11 is 5.87. The van der Waals surface area contributed by atoms with Gasteiger partial charge >= 0.3 is 6.03 Å². The fourth-order valence-corrected chi connectivity index (χ4v) is 3.61. The number of nitro groups is 1. The quantitative estimate of drug-likeness (QED) is 0.216. The Morgan fingerprint density at radius 2 is 1.72 bits per heavy atom. The molecule has 0 radical (unpaired) electrons. The number of ether oxygens (including phenoxy) is 2. The van der Waals surface area contributed by atoms with Crippen LogP contribution >= 0.6 is 11.6 Å². The van der Waals surface area contributed by atoms with Crippen LogP contribution in [0.4, 0.5) is 16.2 Å². The van der Waals surface area contributed by atoms with Gasteiger partial charge in [-0.15, -0.1) is 0 Å². The van der Waals surface area contributed by atoms with E-state index in [0.717, 1.165) is 22.6 Å². The van der Waals surface area contributed by atoms with Gasteiger partial charge in [-0.1, -0.05) is 41.9 Å². The lowest BCUT2D eigenvalue weighted by atomic mass is 10.0. The number of nitrogens with one attached hydrogen (secondary N) is 1. The molecule has 0 atom stereocenters. The molecule has 36 heavy (non-hydrogen) atoms. The first-order chi connectivity index (χ1) is 17.3. The SMILES string of the molecule is COc1cc(C=C2C(=O)NC(=O)N(c3ccc(Cl)cc3)C2=O)c([N+](=O)[O-])cc1OCc1ccccc1. The van der Waals surface area contributed by atoms with Crippen LogP contribution in [0.5, 0.6) is 11.5 Å². The van der Waals surface area contributed by atoms with E-state index in [1.54, 1.807) is 0 Å². The Hall–Kier alpha value is -4.70. The number of methoxy groups -OCH3 is 1. The molecular formula is C25H18ClN3O7. The number of halogens is 1. The van der Waals surface area contributed by atoms with Crippen molar-refractivity contribution in [2.45, 2.75) is 6.61 Å². The fraction of sp³-hybridized carbons (Fsp3) is 0.0800. The number of imide groups is 2. The average Bonchev–Trinajstić information content (AvgIpc) is 2.86. The van der Waals surface area contributed by atoms with Crippen LogP contribution in [0.15, 0.2) is 72.3 Å². The highest BCUT2D eigenvalue weighted by molar-refractivity contribution is 6.39. The smallest absolute Gasteiger partial charge is 0.335 e. The van der Waals surface area contributed by atoms with Gasteiger partial charge in [0, 0.05) is 5.02 Å². The highest BCUT2D eigenvalue weighted by Gasteiger charge is 2.37. The van der Waals surface area contributed by atoms with Crippen LogP contribution in [0.1, 0.15) is 11.1 Å². The number of amides is 4. The lowest BCUT2D eigenvalue weighted by molar-refractivity contribution is -0.385. The van der Waals surface area contributed by atoms with Crippen LogP contribution in [0.25, 0.3) is 6.08 Å². The Kier molecular flexibility index (Phi) is 6.98. The molecule has 1 heterocycles. The zero-order chi connectivity index (χ0) is 25.8. The first-order valence-electron chi connectivity index (χ1n) is 10.5. The summed E-state index contributed by atoms with van der Waals surface area (Å²) in [6.07, 6.45) is 1.04. The molecular weight excluding hydrogens is 490 g/mol. The van der Waals surface area contributed by atoms with Crippen molar-refractivity contribution in [1.29, 1.82) is 0 Å². The molecule has 1 aliphatic rings. The number of hydrogen-bond donors (Lipinski definition) is 1. The van der Waals surface area contributed by atoms with Crippen molar-refractivity contribution < 1.29 is 28.8 Å². The fourth-order valence-electron chi connectivity index (χ4n) is 3.48. The van der Waals surface area contributed by atoms with Gasteiger partial charge in [0.05, 0.1) is 29.4 Å². The number of carbonyl (C=O) groups excluding carboxylic acids is 3. The molecule has 1 N–H and O–H groups in total. The average molecular weight is 508 g/mol. The third-order valence-corrected chi connectivity index (χ3v) is 5.49. The first kappa shape index (κ1) is 24.4. The van der Waals surface area contributed by atoms with E-state index >= 15 is 0 Å². The van der Waals surface area contributed by atoms with E-state index in [0.29, 0.717) is 5.02 Å². The molecule has 182 valence electrons. The summed E-state index contributed by atoms with van der Waals surface area (Å²) in [5.41, 5.74) is 0.00394. The standard InChI is InChI=1S/C25H18ClN3O7/c1-35-21-12-16(20(29(33)34)13-22(21)36-14-15-5-3-2-4-6-15)11-19-23(30)27-25(32)28(24(19)31)18-9-7-17(26)8-10-18/h2-13H,14H2,1H3,(H,27,30,32). The van der Waals surface area contributed by atoms with Crippen LogP contribution in [-0.4, -0.2) is 29.9 Å². The Bertz CT molecular complexity index is 1390. The molecule has 0 aromatic heterocycles. The molecule has 11 heteroatoms. The van der Waals surface area contributed by atoms with Gasteiger partial charge in [0.1, 0.15) is 12.2 Å². The van der Waals surface area contributed by atoms with Crippen LogP contribution in [0.2, 0.25) is 5.02 Å². The van der Waals surface area contributed by atoms with Gasteiger partial charge in [-0.3, -0.25) is 25.0 Å². The summed E-state index contributed by atoms with van der Waals surface area (Å²) < 4.78 is 11.1. The molecule has 1 fully saturated rings. The minimum absolute atomic E-state index is 0.0900. The molecule has 1 saturated heterocycles. The number of hydrogen-bond acceptors (Lipinski definition) is 7. The van der Waals surface area contributed by atoms with Crippen molar-refractivity contribution in [2.24, 2.45) is 0 Å². The predicted octanol–water partition coefficient (Wildman–Crippen LogP) is 4.50. The summed E-state index contributed by atoms with van der Waals surface area (Å²) in [6.45, 7) is 0.133. The minimum Gasteiger partial charge on any atom is -0.493 e. The van der Waals surface area contributed by atoms with Crippen molar-refractivity contribution in [2.75, 3.05) is 12.0 Å². The Balaban J connectivity index is 1.72. The highest BCUT2D eigenvalue weighted by atomic mass is 35.5. The normalized spacial score (nSPS) is 14.6. The van der Waals surface area contributed by atoms with E-state index < -0.39 is 34.0 Å². The van der Waals surface area contributed by atoms with Crippen molar-refractivity contribution in [3.05, 3.63) is 98.6 Å². The molecule has 3 aromatic rings. The minimum atomic E-state index is -0.993. The predicted molar refractivity (Wildman–Crippen MR) is 131 cm³/mol. The number of carbonyl (C=O) groups is 3. The number of benzene rings is 3. The van der Waals surface area contributed by atoms with Crippen molar-refractivity contribution in [3.63, 3.8) is 0 Å². The lowest BCUT2D eigenvalue weighted by Gasteiger charge is -2.26. The second-order valence-corrected chi connectivity index (χ2v) is 7.96. The maximum Gasteiger partial charge on any atom is 0.335 e. The molecule has 3 aromatic carbocycles.